The van der Waals surface area contributed by atoms with E-state index in [0.717, 1.165) is 133 Å². The minimum atomic E-state index is 0.649. The Morgan fingerprint density at radius 3 is 1.06 bits per heavy atom. The number of hydrogen-bond donors (Lipinski definition) is 0. The van der Waals surface area contributed by atoms with Crippen LogP contribution in [0.5, 0.6) is 28.7 Å². The smallest absolute Gasteiger partial charge is 0.161 e. The van der Waals surface area contributed by atoms with Gasteiger partial charge in [0.15, 0.2) is 11.5 Å². The second kappa shape index (κ2) is 39.7. The van der Waals surface area contributed by atoms with Gasteiger partial charge in [0.1, 0.15) is 60.4 Å². The van der Waals surface area contributed by atoms with Crippen molar-refractivity contribution in [3.8, 4) is 28.7 Å². The number of methoxy groups -OCH3 is 1. The molecule has 0 N–H and O–H groups in total. The second-order valence-electron chi connectivity index (χ2n) is 30.1. The molecule has 0 saturated carbocycles. The molecule has 4 fully saturated rings. The molecule has 8 heterocycles. The number of ether oxygens (including phenoxy) is 5. The van der Waals surface area contributed by atoms with Crippen molar-refractivity contribution >= 4 is 44.1 Å². The zero-order valence-corrected chi connectivity index (χ0v) is 65.8. The van der Waals surface area contributed by atoms with Crippen molar-refractivity contribution in [2.45, 2.75) is 177 Å². The van der Waals surface area contributed by atoms with Crippen molar-refractivity contribution < 1.29 is 23.7 Å². The number of rotatable bonds is 27. The van der Waals surface area contributed by atoms with E-state index in [0.29, 0.717) is 26.4 Å². The second-order valence-corrected chi connectivity index (χ2v) is 30.1. The SMILES string of the molecule is COc1ccccc1OCCCCn1c(CN2CCCCC2)nc2ccccc21.Cc1ccc(C)c(OCCn2c(CN3CCCCC3)nc3ccccc32)c1.Cc1ccc(OCCn2c(CN3CCCCC3)nc3ccccc32)cc1.Cc1ccc(OCCn2c(CN3CCCCC3)nc3ccccc32)cc1C. The molecule has 4 aliphatic rings. The summed E-state index contributed by atoms with van der Waals surface area (Å²) < 4.78 is 38.8. The topological polar surface area (TPSA) is 130 Å². The van der Waals surface area contributed by atoms with Gasteiger partial charge in [-0.25, -0.2) is 19.9 Å². The average Bonchev–Trinajstić information content (AvgIpc) is 1.67. The minimum Gasteiger partial charge on any atom is -0.493 e. The van der Waals surface area contributed by atoms with Gasteiger partial charge in [0, 0.05) is 6.54 Å². The summed E-state index contributed by atoms with van der Waals surface area (Å²) in [5.74, 6) is 9.12. The van der Waals surface area contributed by atoms with E-state index in [2.05, 4.69) is 218 Å². The van der Waals surface area contributed by atoms with E-state index in [1.165, 1.54) is 185 Å². The first-order valence-electron chi connectivity index (χ1n) is 40.6. The molecule has 0 atom stereocenters. The molecule has 16 rings (SSSR count). The number of para-hydroxylation sites is 10. The van der Waals surface area contributed by atoms with E-state index in [1.54, 1.807) is 7.11 Å². The number of fused-ring (bicyclic) bond motifs is 4. The van der Waals surface area contributed by atoms with Crippen molar-refractivity contribution in [3.05, 3.63) is 233 Å². The number of aryl methyl sites for hydroxylation is 6. The Balaban J connectivity index is 0.000000128. The highest BCUT2D eigenvalue weighted by atomic mass is 16.5. The first-order chi connectivity index (χ1) is 53.5. The van der Waals surface area contributed by atoms with Gasteiger partial charge in [0.05, 0.1) is 104 Å². The number of nitrogens with zero attached hydrogens (tertiary/aromatic N) is 12. The predicted octanol–water partition coefficient (Wildman–Crippen LogP) is 18.7. The van der Waals surface area contributed by atoms with Gasteiger partial charge in [-0.3, -0.25) is 19.6 Å². The van der Waals surface area contributed by atoms with Crippen LogP contribution in [0.4, 0.5) is 0 Å². The van der Waals surface area contributed by atoms with E-state index >= 15 is 0 Å². The summed E-state index contributed by atoms with van der Waals surface area (Å²) in [6, 6.07) is 62.5. The molecule has 109 heavy (non-hydrogen) atoms. The molecule has 4 aromatic heterocycles. The number of likely N-dealkylation sites (tertiary alicyclic amines) is 4. The maximum Gasteiger partial charge on any atom is 0.161 e. The zero-order valence-electron chi connectivity index (χ0n) is 65.8. The fourth-order valence-electron chi connectivity index (χ4n) is 15.6. The lowest BCUT2D eigenvalue weighted by molar-refractivity contribution is 0.211. The van der Waals surface area contributed by atoms with Crippen molar-refractivity contribution in [1.29, 1.82) is 0 Å². The van der Waals surface area contributed by atoms with Gasteiger partial charge in [0.25, 0.3) is 0 Å². The van der Waals surface area contributed by atoms with Crippen LogP contribution < -0.4 is 23.7 Å². The van der Waals surface area contributed by atoms with E-state index in [4.69, 9.17) is 43.6 Å². The van der Waals surface area contributed by atoms with Gasteiger partial charge >= 0.3 is 0 Å². The predicted molar refractivity (Wildman–Crippen MR) is 443 cm³/mol. The summed E-state index contributed by atoms with van der Waals surface area (Å²) in [6.45, 7) is 29.8. The monoisotopic (exact) mass is 1470 g/mol. The number of hydrogen-bond acceptors (Lipinski definition) is 13. The Kier molecular flexibility index (Phi) is 28.3. The van der Waals surface area contributed by atoms with Crippen molar-refractivity contribution in [3.63, 3.8) is 0 Å². The van der Waals surface area contributed by atoms with Gasteiger partial charge in [-0.05, 0) is 264 Å². The highest BCUT2D eigenvalue weighted by molar-refractivity contribution is 5.78. The number of aromatic nitrogens is 8. The summed E-state index contributed by atoms with van der Waals surface area (Å²) in [6.07, 6.45) is 17.9. The van der Waals surface area contributed by atoms with Gasteiger partial charge in [0.2, 0.25) is 0 Å². The molecule has 17 nitrogen and oxygen atoms in total. The minimum absolute atomic E-state index is 0.649. The number of unbranched alkanes of at least 4 members (excludes halogenated alkanes) is 1. The molecule has 4 aliphatic heterocycles. The lowest BCUT2D eigenvalue weighted by atomic mass is 10.1. The molecule has 0 aliphatic carbocycles. The molecular weight excluding hydrogens is 1350 g/mol. The van der Waals surface area contributed by atoms with Crippen molar-refractivity contribution in [2.24, 2.45) is 0 Å². The molecule has 0 radical (unpaired) electrons. The van der Waals surface area contributed by atoms with Gasteiger partial charge in [-0.1, -0.05) is 122 Å². The van der Waals surface area contributed by atoms with E-state index in [-0.39, 0.29) is 0 Å². The Morgan fingerprint density at radius 2 is 0.633 bits per heavy atom. The largest absolute Gasteiger partial charge is 0.493 e. The van der Waals surface area contributed by atoms with E-state index in [9.17, 15) is 0 Å². The highest BCUT2D eigenvalue weighted by Gasteiger charge is 2.22. The van der Waals surface area contributed by atoms with Crippen LogP contribution >= 0.6 is 0 Å². The summed E-state index contributed by atoms with van der Waals surface area (Å²) in [7, 11) is 1.68. The standard InChI is InChI=1S/C24H31N3O2.2C23H29N3O.C22H27N3O/c1-28-22-13-5-6-14-23(22)29-18-10-9-17-27-21-12-4-3-11-20(21)25-24(27)19-26-15-7-2-8-16-26;1-18-10-11-20(16-19(18)2)27-15-14-26-22-9-5-4-8-21(22)24-23(26)17-25-12-6-3-7-13-25;1-18-10-11-19(2)22(16-18)27-15-14-26-21-9-5-4-8-20(21)24-23(26)17-25-12-6-3-7-13-25;1-18-9-11-19(12-10-18)26-16-15-25-21-8-4-3-7-20(21)23-22(25)17-24-13-5-2-6-14-24/h3-6,11-14H,2,7-10,15-19H2,1H3;2*4-5,8-11,16H,3,6-7,12-15,17H2,1-2H3;3-4,7-12H,2,5-6,13-17H2,1H3. The fourth-order valence-corrected chi connectivity index (χ4v) is 15.6. The third-order valence-electron chi connectivity index (χ3n) is 21.9. The molecule has 17 heteroatoms. The molecule has 0 unspecified atom stereocenters. The zero-order chi connectivity index (χ0) is 74.9. The summed E-state index contributed by atoms with van der Waals surface area (Å²) in [5, 5.41) is 0. The summed E-state index contributed by atoms with van der Waals surface area (Å²) in [5.41, 5.74) is 15.4. The van der Waals surface area contributed by atoms with E-state index < -0.39 is 0 Å². The third-order valence-corrected chi connectivity index (χ3v) is 21.9. The van der Waals surface area contributed by atoms with Crippen LogP contribution in [0.2, 0.25) is 0 Å². The van der Waals surface area contributed by atoms with Crippen LogP contribution in [0.1, 0.15) is 141 Å². The lowest BCUT2D eigenvalue weighted by Crippen LogP contribution is -2.30. The number of piperidine rings is 4. The van der Waals surface area contributed by atoms with Crippen molar-refractivity contribution in [2.75, 3.05) is 85.9 Å². The molecule has 4 saturated heterocycles. The maximum atomic E-state index is 6.12. The Hall–Kier alpha value is -9.52. The number of benzene rings is 8. The molecule has 8 aromatic carbocycles. The quantitative estimate of drug-likeness (QED) is 0.0453. The van der Waals surface area contributed by atoms with Crippen LogP contribution in [0.15, 0.2) is 182 Å². The molecule has 12 aromatic rings. The van der Waals surface area contributed by atoms with Gasteiger partial charge in [-0.15, -0.1) is 0 Å². The van der Waals surface area contributed by atoms with Gasteiger partial charge in [-0.2, -0.15) is 0 Å². The van der Waals surface area contributed by atoms with Crippen LogP contribution in [-0.4, -0.2) is 144 Å². The Labute approximate surface area is 646 Å². The summed E-state index contributed by atoms with van der Waals surface area (Å²) in [4.78, 5) is 29.9. The molecule has 0 bridgehead atoms. The number of imidazole rings is 4. The first-order valence-corrected chi connectivity index (χ1v) is 40.6. The molecule has 0 spiro atoms. The molecule has 574 valence electrons. The highest BCUT2D eigenvalue weighted by Crippen LogP contribution is 2.29. The normalized spacial score (nSPS) is 15.2. The fraction of sp³-hybridized carbons (Fsp3) is 0.435. The third kappa shape index (κ3) is 21.7. The Bertz CT molecular complexity index is 4780. The molecular formula is C92H116N12O5. The lowest BCUT2D eigenvalue weighted by Gasteiger charge is -2.26. The van der Waals surface area contributed by atoms with Crippen LogP contribution in [0.3, 0.4) is 0 Å². The van der Waals surface area contributed by atoms with Gasteiger partial charge < -0.3 is 42.0 Å². The first kappa shape index (κ1) is 77.6. The van der Waals surface area contributed by atoms with Crippen LogP contribution in [0.25, 0.3) is 44.1 Å². The van der Waals surface area contributed by atoms with Crippen LogP contribution in [0, 0.1) is 34.6 Å². The molecule has 0 amide bonds. The summed E-state index contributed by atoms with van der Waals surface area (Å²) >= 11 is 0. The van der Waals surface area contributed by atoms with Crippen molar-refractivity contribution in [1.82, 2.24) is 57.8 Å². The van der Waals surface area contributed by atoms with E-state index in [1.807, 2.05) is 36.4 Å². The Morgan fingerprint density at radius 1 is 0.284 bits per heavy atom. The van der Waals surface area contributed by atoms with Crippen LogP contribution in [-0.2, 0) is 52.4 Å². The maximum absolute atomic E-state index is 6.12. The average molecular weight is 1470 g/mol.